The van der Waals surface area contributed by atoms with Gasteiger partial charge in [0.2, 0.25) is 0 Å². The number of nitrogens with two attached hydrogens (primary N) is 1. The van der Waals surface area contributed by atoms with Crippen molar-refractivity contribution in [3.8, 4) is 11.3 Å². The van der Waals surface area contributed by atoms with Gasteiger partial charge >= 0.3 is 0 Å². The third kappa shape index (κ3) is 2.09. The number of rotatable bonds is 2. The SMILES string of the molecule is CC(C)c1nc(-c2ccccc2Br)c(N)n1C. The largest absolute Gasteiger partial charge is 0.383 e. The Labute approximate surface area is 110 Å². The van der Waals surface area contributed by atoms with Crippen molar-refractivity contribution >= 4 is 21.7 Å². The lowest BCUT2D eigenvalue weighted by atomic mass is 10.1. The highest BCUT2D eigenvalue weighted by Crippen LogP contribution is 2.33. The zero-order valence-corrected chi connectivity index (χ0v) is 11.8. The van der Waals surface area contributed by atoms with Crippen molar-refractivity contribution in [1.29, 1.82) is 0 Å². The summed E-state index contributed by atoms with van der Waals surface area (Å²) in [5, 5.41) is 0. The standard InChI is InChI=1S/C13H16BrN3/c1-8(2)13-16-11(12(15)17(13)3)9-6-4-5-7-10(9)14/h4-8H,15H2,1-3H3. The summed E-state index contributed by atoms with van der Waals surface area (Å²) in [4.78, 5) is 4.65. The molecule has 0 amide bonds. The van der Waals surface area contributed by atoms with E-state index < -0.39 is 0 Å². The van der Waals surface area contributed by atoms with E-state index in [0.717, 1.165) is 21.6 Å². The van der Waals surface area contributed by atoms with Gasteiger partial charge in [-0.25, -0.2) is 4.98 Å². The molecule has 2 aromatic rings. The second kappa shape index (κ2) is 4.53. The maximum atomic E-state index is 6.12. The minimum atomic E-state index is 0.360. The molecule has 0 bridgehead atoms. The van der Waals surface area contributed by atoms with Crippen LogP contribution in [0.15, 0.2) is 28.7 Å². The molecule has 1 aromatic heterocycles. The fraction of sp³-hybridized carbons (Fsp3) is 0.308. The average molecular weight is 294 g/mol. The molecule has 0 saturated carbocycles. The lowest BCUT2D eigenvalue weighted by Crippen LogP contribution is -2.02. The predicted octanol–water partition coefficient (Wildman–Crippen LogP) is 3.56. The number of imidazole rings is 1. The zero-order chi connectivity index (χ0) is 12.6. The number of anilines is 1. The Hall–Kier alpha value is -1.29. The Kier molecular flexibility index (Phi) is 3.24. The van der Waals surface area contributed by atoms with Crippen LogP contribution in [-0.2, 0) is 7.05 Å². The first-order valence-electron chi connectivity index (χ1n) is 5.59. The van der Waals surface area contributed by atoms with Crippen molar-refractivity contribution in [3.63, 3.8) is 0 Å². The Morgan fingerprint density at radius 3 is 2.47 bits per heavy atom. The van der Waals surface area contributed by atoms with Crippen molar-refractivity contribution in [2.24, 2.45) is 7.05 Å². The van der Waals surface area contributed by atoms with Gasteiger partial charge in [-0.3, -0.25) is 0 Å². The number of aromatic nitrogens is 2. The maximum absolute atomic E-state index is 6.12. The molecule has 17 heavy (non-hydrogen) atoms. The highest BCUT2D eigenvalue weighted by atomic mass is 79.9. The first-order chi connectivity index (χ1) is 8.02. The van der Waals surface area contributed by atoms with Crippen molar-refractivity contribution in [1.82, 2.24) is 9.55 Å². The number of hydrogen-bond acceptors (Lipinski definition) is 2. The summed E-state index contributed by atoms with van der Waals surface area (Å²) in [6.45, 7) is 4.23. The second-order valence-electron chi connectivity index (χ2n) is 4.40. The highest BCUT2D eigenvalue weighted by molar-refractivity contribution is 9.10. The van der Waals surface area contributed by atoms with Gasteiger partial charge in [-0.1, -0.05) is 48.0 Å². The van der Waals surface area contributed by atoms with Gasteiger partial charge in [0.1, 0.15) is 17.3 Å². The molecule has 3 nitrogen and oxygen atoms in total. The van der Waals surface area contributed by atoms with Crippen LogP contribution in [0.1, 0.15) is 25.6 Å². The van der Waals surface area contributed by atoms with Gasteiger partial charge in [-0.15, -0.1) is 0 Å². The molecule has 2 N–H and O–H groups in total. The number of nitrogen functional groups attached to an aromatic ring is 1. The topological polar surface area (TPSA) is 43.8 Å². The molecule has 0 aliphatic heterocycles. The minimum Gasteiger partial charge on any atom is -0.383 e. The van der Waals surface area contributed by atoms with Crippen molar-refractivity contribution in [2.45, 2.75) is 19.8 Å². The average Bonchev–Trinajstić information content (AvgIpc) is 2.57. The van der Waals surface area contributed by atoms with Crippen LogP contribution in [-0.4, -0.2) is 9.55 Å². The molecule has 0 fully saturated rings. The van der Waals surface area contributed by atoms with Gasteiger partial charge in [-0.05, 0) is 6.07 Å². The quantitative estimate of drug-likeness (QED) is 0.920. The molecule has 0 unspecified atom stereocenters. The van der Waals surface area contributed by atoms with E-state index in [9.17, 15) is 0 Å². The molecule has 4 heteroatoms. The van der Waals surface area contributed by atoms with Gasteiger partial charge in [0.05, 0.1) is 0 Å². The number of halogens is 1. The first-order valence-corrected chi connectivity index (χ1v) is 6.38. The molecule has 90 valence electrons. The summed E-state index contributed by atoms with van der Waals surface area (Å²) in [7, 11) is 1.96. The molecule has 0 atom stereocenters. The van der Waals surface area contributed by atoms with Crippen LogP contribution in [0.4, 0.5) is 5.82 Å². The third-order valence-corrected chi connectivity index (χ3v) is 3.51. The minimum absolute atomic E-state index is 0.360. The van der Waals surface area contributed by atoms with Crippen LogP contribution in [0.2, 0.25) is 0 Å². The molecule has 0 spiro atoms. The van der Waals surface area contributed by atoms with Crippen LogP contribution in [0.5, 0.6) is 0 Å². The normalized spacial score (nSPS) is 11.1. The van der Waals surface area contributed by atoms with Crippen molar-refractivity contribution in [3.05, 3.63) is 34.6 Å². The summed E-state index contributed by atoms with van der Waals surface area (Å²) in [6.07, 6.45) is 0. The fourth-order valence-electron chi connectivity index (χ4n) is 1.90. The zero-order valence-electron chi connectivity index (χ0n) is 10.2. The molecule has 0 saturated heterocycles. The first kappa shape index (κ1) is 12.2. The Morgan fingerprint density at radius 1 is 1.29 bits per heavy atom. The number of benzene rings is 1. The lowest BCUT2D eigenvalue weighted by molar-refractivity contribution is 0.715. The van der Waals surface area contributed by atoms with Gasteiger partial charge in [-0.2, -0.15) is 0 Å². The maximum Gasteiger partial charge on any atom is 0.131 e. The molecule has 1 heterocycles. The number of hydrogen-bond donors (Lipinski definition) is 1. The van der Waals surface area contributed by atoms with E-state index in [0.29, 0.717) is 11.7 Å². The number of nitrogens with zero attached hydrogens (tertiary/aromatic N) is 2. The van der Waals surface area contributed by atoms with Crippen LogP contribution in [0.25, 0.3) is 11.3 Å². The second-order valence-corrected chi connectivity index (χ2v) is 5.25. The summed E-state index contributed by atoms with van der Waals surface area (Å²) in [6, 6.07) is 7.99. The monoisotopic (exact) mass is 293 g/mol. The van der Waals surface area contributed by atoms with Gasteiger partial charge in [0.15, 0.2) is 0 Å². The molecule has 2 rings (SSSR count). The lowest BCUT2D eigenvalue weighted by Gasteiger charge is -2.04. The van der Waals surface area contributed by atoms with Gasteiger partial charge < -0.3 is 10.3 Å². The molecule has 0 aliphatic rings. The van der Waals surface area contributed by atoms with E-state index in [4.69, 9.17) is 5.73 Å². The van der Waals surface area contributed by atoms with Crippen LogP contribution in [0.3, 0.4) is 0 Å². The van der Waals surface area contributed by atoms with E-state index in [1.54, 1.807) is 0 Å². The third-order valence-electron chi connectivity index (χ3n) is 2.82. The van der Waals surface area contributed by atoms with Crippen molar-refractivity contribution < 1.29 is 0 Å². The summed E-state index contributed by atoms with van der Waals surface area (Å²) < 4.78 is 2.97. The molecule has 0 radical (unpaired) electrons. The Balaban J connectivity index is 2.61. The molecular weight excluding hydrogens is 278 g/mol. The summed E-state index contributed by atoms with van der Waals surface area (Å²) in [5.41, 5.74) is 8.01. The fourth-order valence-corrected chi connectivity index (χ4v) is 2.37. The Bertz CT molecular complexity index is 544. The van der Waals surface area contributed by atoms with E-state index in [2.05, 4.69) is 34.8 Å². The Morgan fingerprint density at radius 2 is 1.94 bits per heavy atom. The van der Waals surface area contributed by atoms with E-state index >= 15 is 0 Å². The molecular formula is C13H16BrN3. The summed E-state index contributed by atoms with van der Waals surface area (Å²) >= 11 is 3.53. The molecule has 0 aliphatic carbocycles. The molecule has 1 aromatic carbocycles. The van der Waals surface area contributed by atoms with E-state index in [-0.39, 0.29) is 0 Å². The van der Waals surface area contributed by atoms with Crippen LogP contribution < -0.4 is 5.73 Å². The highest BCUT2D eigenvalue weighted by Gasteiger charge is 2.17. The van der Waals surface area contributed by atoms with Crippen molar-refractivity contribution in [2.75, 3.05) is 5.73 Å². The van der Waals surface area contributed by atoms with E-state index in [1.165, 1.54) is 0 Å². The summed E-state index contributed by atoms with van der Waals surface area (Å²) in [5.74, 6) is 2.08. The van der Waals surface area contributed by atoms with Crippen LogP contribution >= 0.6 is 15.9 Å². The van der Waals surface area contributed by atoms with Gasteiger partial charge in [0, 0.05) is 23.0 Å². The van der Waals surface area contributed by atoms with Crippen LogP contribution in [0, 0.1) is 0 Å². The van der Waals surface area contributed by atoms with Gasteiger partial charge in [0.25, 0.3) is 0 Å². The van der Waals surface area contributed by atoms with E-state index in [1.807, 2.05) is 35.9 Å². The smallest absolute Gasteiger partial charge is 0.131 e. The predicted molar refractivity (Wildman–Crippen MR) is 74.8 cm³/mol.